The van der Waals surface area contributed by atoms with Gasteiger partial charge in [0, 0.05) is 39.5 Å². The van der Waals surface area contributed by atoms with Crippen molar-refractivity contribution in [1.82, 2.24) is 15.1 Å². The van der Waals surface area contributed by atoms with E-state index in [1.807, 2.05) is 0 Å². The standard InChI is InChI=1S/C19H29N3O2S/c1-21(2)17(23)4-3-5-18(24)22(13-15-6-11-25-14-15)16-12-19(16)7-9-20-10-8-19/h6,11,14,16,20H,3-5,7-10,12-13H2,1-2H3. The van der Waals surface area contributed by atoms with E-state index in [-0.39, 0.29) is 11.8 Å². The molecule has 1 N–H and O–H groups in total. The van der Waals surface area contributed by atoms with Gasteiger partial charge < -0.3 is 15.1 Å². The molecule has 1 aromatic heterocycles. The topological polar surface area (TPSA) is 52.7 Å². The Hall–Kier alpha value is -1.40. The number of hydrogen-bond donors (Lipinski definition) is 1. The van der Waals surface area contributed by atoms with E-state index < -0.39 is 0 Å². The second-order valence-electron chi connectivity index (χ2n) is 7.63. The summed E-state index contributed by atoms with van der Waals surface area (Å²) in [6.07, 6.45) is 5.03. The Balaban J connectivity index is 1.60. The maximum Gasteiger partial charge on any atom is 0.223 e. The van der Waals surface area contributed by atoms with Gasteiger partial charge in [-0.2, -0.15) is 11.3 Å². The van der Waals surface area contributed by atoms with Gasteiger partial charge in [0.15, 0.2) is 0 Å². The average Bonchev–Trinajstić information content (AvgIpc) is 3.03. The number of nitrogens with one attached hydrogen (secondary N) is 1. The molecule has 2 aliphatic rings. The molecule has 1 atom stereocenters. The van der Waals surface area contributed by atoms with Crippen LogP contribution >= 0.6 is 11.3 Å². The summed E-state index contributed by atoms with van der Waals surface area (Å²) in [5.41, 5.74) is 1.56. The normalized spacial score (nSPS) is 21.1. The molecule has 2 amide bonds. The molecule has 1 unspecified atom stereocenters. The van der Waals surface area contributed by atoms with Crippen LogP contribution in [0.4, 0.5) is 0 Å². The third-order valence-electron chi connectivity index (χ3n) is 5.66. The summed E-state index contributed by atoms with van der Waals surface area (Å²) in [6.45, 7) is 2.84. The van der Waals surface area contributed by atoms with Crippen molar-refractivity contribution in [1.29, 1.82) is 0 Å². The maximum atomic E-state index is 12.9. The first-order valence-electron chi connectivity index (χ1n) is 9.23. The maximum absolute atomic E-state index is 12.9. The van der Waals surface area contributed by atoms with Crippen LogP contribution in [0.25, 0.3) is 0 Å². The average molecular weight is 364 g/mol. The minimum absolute atomic E-state index is 0.0958. The molecule has 1 saturated carbocycles. The molecule has 0 aromatic carbocycles. The monoisotopic (exact) mass is 363 g/mol. The molecule has 0 radical (unpaired) electrons. The van der Waals surface area contributed by atoms with Crippen molar-refractivity contribution in [3.63, 3.8) is 0 Å². The fraction of sp³-hybridized carbons (Fsp3) is 0.684. The lowest BCUT2D eigenvalue weighted by atomic mass is 9.93. The fourth-order valence-corrected chi connectivity index (χ4v) is 4.60. The van der Waals surface area contributed by atoms with Crippen molar-refractivity contribution in [3.05, 3.63) is 22.4 Å². The molecule has 1 spiro atoms. The number of carbonyl (C=O) groups is 2. The van der Waals surface area contributed by atoms with Crippen molar-refractivity contribution in [2.24, 2.45) is 5.41 Å². The van der Waals surface area contributed by atoms with Crippen molar-refractivity contribution in [3.8, 4) is 0 Å². The highest BCUT2D eigenvalue weighted by Crippen LogP contribution is 2.56. The summed E-state index contributed by atoms with van der Waals surface area (Å²) in [7, 11) is 3.52. The Kier molecular flexibility index (Phi) is 5.79. The lowest BCUT2D eigenvalue weighted by molar-refractivity contribution is -0.133. The molecular weight excluding hydrogens is 334 g/mol. The molecule has 1 aliphatic carbocycles. The lowest BCUT2D eigenvalue weighted by Crippen LogP contribution is -2.39. The highest BCUT2D eigenvalue weighted by Gasteiger charge is 2.57. The van der Waals surface area contributed by atoms with E-state index in [4.69, 9.17) is 0 Å². The van der Waals surface area contributed by atoms with E-state index >= 15 is 0 Å². The first-order chi connectivity index (χ1) is 12.0. The number of amides is 2. The smallest absolute Gasteiger partial charge is 0.223 e. The van der Waals surface area contributed by atoms with Crippen LogP contribution in [0, 0.1) is 5.41 Å². The second-order valence-corrected chi connectivity index (χ2v) is 8.41. The zero-order valence-electron chi connectivity index (χ0n) is 15.3. The Morgan fingerprint density at radius 3 is 2.60 bits per heavy atom. The number of hydrogen-bond acceptors (Lipinski definition) is 4. The summed E-state index contributed by atoms with van der Waals surface area (Å²) in [4.78, 5) is 28.4. The second kappa shape index (κ2) is 7.87. The van der Waals surface area contributed by atoms with Gasteiger partial charge in [-0.05, 0) is 66.6 Å². The first kappa shape index (κ1) is 18.4. The van der Waals surface area contributed by atoms with Crippen LogP contribution in [-0.2, 0) is 16.1 Å². The molecule has 1 aliphatic heterocycles. The van der Waals surface area contributed by atoms with Gasteiger partial charge in [-0.1, -0.05) is 0 Å². The number of thiophene rings is 1. The molecule has 1 saturated heterocycles. The molecule has 6 heteroatoms. The van der Waals surface area contributed by atoms with E-state index in [0.29, 0.717) is 37.3 Å². The van der Waals surface area contributed by atoms with E-state index in [2.05, 4.69) is 27.0 Å². The number of piperidine rings is 1. The Morgan fingerprint density at radius 2 is 1.96 bits per heavy atom. The molecule has 3 rings (SSSR count). The van der Waals surface area contributed by atoms with Crippen LogP contribution in [0.2, 0.25) is 0 Å². The predicted octanol–water partition coefficient (Wildman–Crippen LogP) is 2.48. The third-order valence-corrected chi connectivity index (χ3v) is 6.39. The number of nitrogens with zero attached hydrogens (tertiary/aromatic N) is 2. The molecule has 2 fully saturated rings. The predicted molar refractivity (Wildman–Crippen MR) is 100 cm³/mol. The Labute approximate surface area is 154 Å². The van der Waals surface area contributed by atoms with Crippen molar-refractivity contribution >= 4 is 23.2 Å². The fourth-order valence-electron chi connectivity index (χ4n) is 3.94. The lowest BCUT2D eigenvalue weighted by Gasteiger charge is -2.29. The van der Waals surface area contributed by atoms with Gasteiger partial charge in [-0.25, -0.2) is 0 Å². The zero-order chi connectivity index (χ0) is 17.9. The SMILES string of the molecule is CN(C)C(=O)CCCC(=O)N(Cc1ccsc1)C1CC12CCNCC2. The van der Waals surface area contributed by atoms with E-state index in [9.17, 15) is 9.59 Å². The summed E-state index contributed by atoms with van der Waals surface area (Å²) in [5.74, 6) is 0.302. The summed E-state index contributed by atoms with van der Waals surface area (Å²) in [5, 5.41) is 7.63. The van der Waals surface area contributed by atoms with Crippen LogP contribution < -0.4 is 5.32 Å². The summed E-state index contributed by atoms with van der Waals surface area (Å²) >= 11 is 1.68. The Morgan fingerprint density at radius 1 is 1.24 bits per heavy atom. The quantitative estimate of drug-likeness (QED) is 0.810. The number of carbonyl (C=O) groups excluding carboxylic acids is 2. The van der Waals surface area contributed by atoms with Gasteiger partial charge in [-0.15, -0.1) is 0 Å². The molecule has 5 nitrogen and oxygen atoms in total. The highest BCUT2D eigenvalue weighted by molar-refractivity contribution is 7.07. The molecule has 25 heavy (non-hydrogen) atoms. The molecule has 138 valence electrons. The van der Waals surface area contributed by atoms with Gasteiger partial charge in [0.25, 0.3) is 0 Å². The van der Waals surface area contributed by atoms with Gasteiger partial charge in [-0.3, -0.25) is 9.59 Å². The zero-order valence-corrected chi connectivity index (χ0v) is 16.1. The highest BCUT2D eigenvalue weighted by atomic mass is 32.1. The molecule has 0 bridgehead atoms. The van der Waals surface area contributed by atoms with Crippen LogP contribution in [0.5, 0.6) is 0 Å². The molecular formula is C19H29N3O2S. The largest absolute Gasteiger partial charge is 0.349 e. The van der Waals surface area contributed by atoms with Gasteiger partial charge in [0.2, 0.25) is 11.8 Å². The van der Waals surface area contributed by atoms with Gasteiger partial charge >= 0.3 is 0 Å². The van der Waals surface area contributed by atoms with Crippen LogP contribution in [0.15, 0.2) is 16.8 Å². The van der Waals surface area contributed by atoms with Crippen molar-refractivity contribution in [2.45, 2.75) is 51.1 Å². The van der Waals surface area contributed by atoms with Gasteiger partial charge in [0.05, 0.1) is 0 Å². The van der Waals surface area contributed by atoms with Crippen molar-refractivity contribution < 1.29 is 9.59 Å². The first-order valence-corrected chi connectivity index (χ1v) is 10.2. The molecule has 1 aromatic rings. The number of rotatable bonds is 7. The Bertz CT molecular complexity index is 594. The minimum atomic E-state index is 0.0958. The van der Waals surface area contributed by atoms with Crippen LogP contribution in [0.1, 0.15) is 44.1 Å². The van der Waals surface area contributed by atoms with Crippen molar-refractivity contribution in [2.75, 3.05) is 27.2 Å². The summed E-state index contributed by atoms with van der Waals surface area (Å²) in [6, 6.07) is 2.49. The summed E-state index contributed by atoms with van der Waals surface area (Å²) < 4.78 is 0. The molecule has 2 heterocycles. The van der Waals surface area contributed by atoms with E-state index in [1.54, 1.807) is 30.3 Å². The van der Waals surface area contributed by atoms with Crippen LogP contribution in [0.3, 0.4) is 0 Å². The van der Waals surface area contributed by atoms with E-state index in [1.165, 1.54) is 18.4 Å². The minimum Gasteiger partial charge on any atom is -0.349 e. The third kappa shape index (κ3) is 4.42. The van der Waals surface area contributed by atoms with Crippen LogP contribution in [-0.4, -0.2) is 54.8 Å². The van der Waals surface area contributed by atoms with Gasteiger partial charge in [0.1, 0.15) is 0 Å². The van der Waals surface area contributed by atoms with E-state index in [0.717, 1.165) is 19.5 Å².